The largest absolute Gasteiger partial charge is 0.497 e. The Kier molecular flexibility index (Phi) is 4.93. The minimum absolute atomic E-state index is 0.382. The van der Waals surface area contributed by atoms with Crippen LogP contribution in [0.2, 0.25) is 0 Å². The Bertz CT molecular complexity index is 507. The molecule has 0 aliphatic heterocycles. The van der Waals surface area contributed by atoms with E-state index in [9.17, 15) is 0 Å². The van der Waals surface area contributed by atoms with Crippen molar-refractivity contribution < 1.29 is 4.74 Å². The topological polar surface area (TPSA) is 34.2 Å². The molecule has 2 rings (SSSR count). The Balaban J connectivity index is 2.02. The van der Waals surface area contributed by atoms with E-state index >= 15 is 0 Å². The molecule has 0 saturated heterocycles. The van der Waals surface area contributed by atoms with E-state index in [-0.39, 0.29) is 0 Å². The Morgan fingerprint density at radius 3 is 2.68 bits per heavy atom. The summed E-state index contributed by atoms with van der Waals surface area (Å²) in [6.07, 6.45) is 2.87. The second-order valence-electron chi connectivity index (χ2n) is 4.46. The zero-order chi connectivity index (χ0) is 13.7. The van der Waals surface area contributed by atoms with Crippen molar-refractivity contribution in [2.75, 3.05) is 13.7 Å². The number of benzene rings is 1. The van der Waals surface area contributed by atoms with Gasteiger partial charge >= 0.3 is 0 Å². The molecular weight excluding hydrogens is 256 g/mol. The SMILES string of the molecule is CCNC(C)c1cnc(Cc2ccc(OC)cc2)s1. The molecule has 0 aliphatic rings. The standard InChI is InChI=1S/C15H20N2OS/c1-4-16-11(2)14-10-17-15(19-14)9-12-5-7-13(18-3)8-6-12/h5-8,10-11,16H,4,9H2,1-3H3. The number of hydrogen-bond donors (Lipinski definition) is 1. The number of nitrogens with zero attached hydrogens (tertiary/aromatic N) is 1. The van der Waals surface area contributed by atoms with E-state index in [4.69, 9.17) is 4.74 Å². The fourth-order valence-electron chi connectivity index (χ4n) is 1.93. The zero-order valence-electron chi connectivity index (χ0n) is 11.6. The van der Waals surface area contributed by atoms with Gasteiger partial charge < -0.3 is 10.1 Å². The van der Waals surface area contributed by atoms with Gasteiger partial charge in [-0.05, 0) is 31.2 Å². The molecule has 1 aromatic heterocycles. The summed E-state index contributed by atoms with van der Waals surface area (Å²) >= 11 is 1.78. The van der Waals surface area contributed by atoms with Crippen molar-refractivity contribution in [3.63, 3.8) is 0 Å². The maximum atomic E-state index is 5.16. The van der Waals surface area contributed by atoms with E-state index in [1.807, 2.05) is 18.3 Å². The van der Waals surface area contributed by atoms with E-state index in [2.05, 4.69) is 36.3 Å². The highest BCUT2D eigenvalue weighted by molar-refractivity contribution is 7.11. The van der Waals surface area contributed by atoms with Gasteiger partial charge in [0.15, 0.2) is 0 Å². The summed E-state index contributed by atoms with van der Waals surface area (Å²) in [6, 6.07) is 8.55. The van der Waals surface area contributed by atoms with Crippen molar-refractivity contribution in [1.82, 2.24) is 10.3 Å². The lowest BCUT2D eigenvalue weighted by atomic mass is 10.1. The number of aromatic nitrogens is 1. The van der Waals surface area contributed by atoms with Crippen LogP contribution in [0.25, 0.3) is 0 Å². The minimum Gasteiger partial charge on any atom is -0.497 e. The summed E-state index contributed by atoms with van der Waals surface area (Å²) in [5.41, 5.74) is 1.26. The van der Waals surface area contributed by atoms with E-state index in [1.54, 1.807) is 18.4 Å². The fraction of sp³-hybridized carbons (Fsp3) is 0.400. The van der Waals surface area contributed by atoms with Crippen LogP contribution < -0.4 is 10.1 Å². The molecule has 0 amide bonds. The molecule has 0 saturated carbocycles. The van der Waals surface area contributed by atoms with Gasteiger partial charge in [-0.25, -0.2) is 4.98 Å². The number of thiazole rings is 1. The predicted molar refractivity (Wildman–Crippen MR) is 80.0 cm³/mol. The molecule has 1 heterocycles. The number of ether oxygens (including phenoxy) is 1. The Labute approximate surface area is 118 Å². The molecule has 0 fully saturated rings. The van der Waals surface area contributed by atoms with Gasteiger partial charge in [-0.1, -0.05) is 19.1 Å². The van der Waals surface area contributed by atoms with Crippen LogP contribution in [0.15, 0.2) is 30.5 Å². The monoisotopic (exact) mass is 276 g/mol. The second kappa shape index (κ2) is 6.68. The molecule has 1 unspecified atom stereocenters. The average molecular weight is 276 g/mol. The Morgan fingerprint density at radius 1 is 1.32 bits per heavy atom. The van der Waals surface area contributed by atoms with Crippen molar-refractivity contribution in [3.05, 3.63) is 45.9 Å². The quantitative estimate of drug-likeness (QED) is 0.878. The lowest BCUT2D eigenvalue weighted by Gasteiger charge is -2.08. The van der Waals surface area contributed by atoms with Gasteiger partial charge in [0.05, 0.1) is 12.1 Å². The van der Waals surface area contributed by atoms with Crippen LogP contribution in [0.3, 0.4) is 0 Å². The van der Waals surface area contributed by atoms with Gasteiger partial charge in [-0.2, -0.15) is 0 Å². The maximum absolute atomic E-state index is 5.16. The van der Waals surface area contributed by atoms with E-state index < -0.39 is 0 Å². The van der Waals surface area contributed by atoms with Gasteiger partial charge in [0.25, 0.3) is 0 Å². The third kappa shape index (κ3) is 3.78. The number of nitrogens with one attached hydrogen (secondary N) is 1. The summed E-state index contributed by atoms with van der Waals surface area (Å²) in [5, 5.41) is 4.57. The van der Waals surface area contributed by atoms with Gasteiger partial charge in [0, 0.05) is 23.5 Å². The van der Waals surface area contributed by atoms with Gasteiger partial charge in [-0.15, -0.1) is 11.3 Å². The maximum Gasteiger partial charge on any atom is 0.118 e. The van der Waals surface area contributed by atoms with Gasteiger partial charge in [-0.3, -0.25) is 0 Å². The van der Waals surface area contributed by atoms with E-state index in [0.29, 0.717) is 6.04 Å². The lowest BCUT2D eigenvalue weighted by molar-refractivity contribution is 0.414. The molecule has 0 spiro atoms. The summed E-state index contributed by atoms with van der Waals surface area (Å²) < 4.78 is 5.16. The summed E-state index contributed by atoms with van der Waals surface area (Å²) in [5.74, 6) is 0.893. The molecule has 102 valence electrons. The van der Waals surface area contributed by atoms with Crippen LogP contribution >= 0.6 is 11.3 Å². The Morgan fingerprint density at radius 2 is 2.05 bits per heavy atom. The molecule has 0 bridgehead atoms. The highest BCUT2D eigenvalue weighted by Gasteiger charge is 2.09. The molecule has 1 aromatic carbocycles. The second-order valence-corrected chi connectivity index (χ2v) is 5.61. The van der Waals surface area contributed by atoms with Crippen molar-refractivity contribution in [2.45, 2.75) is 26.3 Å². The van der Waals surface area contributed by atoms with Crippen molar-refractivity contribution >= 4 is 11.3 Å². The molecule has 4 heteroatoms. The first-order chi connectivity index (χ1) is 9.22. The summed E-state index contributed by atoms with van der Waals surface area (Å²) in [7, 11) is 1.68. The molecule has 1 N–H and O–H groups in total. The molecular formula is C15H20N2OS. The van der Waals surface area contributed by atoms with Crippen LogP contribution in [0.1, 0.15) is 35.3 Å². The lowest BCUT2D eigenvalue weighted by Crippen LogP contribution is -2.16. The smallest absolute Gasteiger partial charge is 0.118 e. The first kappa shape index (κ1) is 14.0. The third-order valence-electron chi connectivity index (χ3n) is 3.02. The van der Waals surface area contributed by atoms with Gasteiger partial charge in [0.2, 0.25) is 0 Å². The number of hydrogen-bond acceptors (Lipinski definition) is 4. The molecule has 3 nitrogen and oxygen atoms in total. The average Bonchev–Trinajstić information content (AvgIpc) is 2.88. The molecule has 1 atom stereocenters. The van der Waals surface area contributed by atoms with Crippen LogP contribution in [-0.2, 0) is 6.42 Å². The number of methoxy groups -OCH3 is 1. The van der Waals surface area contributed by atoms with Crippen LogP contribution in [0.4, 0.5) is 0 Å². The number of rotatable bonds is 6. The van der Waals surface area contributed by atoms with E-state index in [0.717, 1.165) is 23.7 Å². The first-order valence-electron chi connectivity index (χ1n) is 6.53. The minimum atomic E-state index is 0.382. The normalized spacial score (nSPS) is 12.4. The summed E-state index contributed by atoms with van der Waals surface area (Å²) in [4.78, 5) is 5.80. The molecule has 0 aliphatic carbocycles. The molecule has 19 heavy (non-hydrogen) atoms. The molecule has 2 aromatic rings. The van der Waals surface area contributed by atoms with Crippen molar-refractivity contribution in [2.24, 2.45) is 0 Å². The van der Waals surface area contributed by atoms with Gasteiger partial charge in [0.1, 0.15) is 5.75 Å². The Hall–Kier alpha value is -1.39. The first-order valence-corrected chi connectivity index (χ1v) is 7.35. The van der Waals surface area contributed by atoms with E-state index in [1.165, 1.54) is 10.4 Å². The van der Waals surface area contributed by atoms with Crippen molar-refractivity contribution in [3.8, 4) is 5.75 Å². The van der Waals surface area contributed by atoms with Crippen LogP contribution in [0, 0.1) is 0 Å². The van der Waals surface area contributed by atoms with Crippen molar-refractivity contribution in [1.29, 1.82) is 0 Å². The molecule has 0 radical (unpaired) electrons. The highest BCUT2D eigenvalue weighted by Crippen LogP contribution is 2.23. The highest BCUT2D eigenvalue weighted by atomic mass is 32.1. The van der Waals surface area contributed by atoms with Crippen LogP contribution in [0.5, 0.6) is 5.75 Å². The predicted octanol–water partition coefficient (Wildman–Crippen LogP) is 3.41. The summed E-state index contributed by atoms with van der Waals surface area (Å²) in [6.45, 7) is 5.27. The van der Waals surface area contributed by atoms with Crippen LogP contribution in [-0.4, -0.2) is 18.6 Å². The zero-order valence-corrected chi connectivity index (χ0v) is 12.5. The fourth-order valence-corrected chi connectivity index (χ4v) is 2.91. The third-order valence-corrected chi connectivity index (χ3v) is 4.20.